The number of para-hydroxylation sites is 1. The van der Waals surface area contributed by atoms with Gasteiger partial charge in [0.15, 0.2) is 0 Å². The van der Waals surface area contributed by atoms with Crippen molar-refractivity contribution in [2.45, 2.75) is 50.7 Å². The van der Waals surface area contributed by atoms with Crippen molar-refractivity contribution < 1.29 is 14.3 Å². The molecule has 1 aromatic carbocycles. The number of rotatable bonds is 7. The van der Waals surface area contributed by atoms with Crippen LogP contribution >= 0.6 is 0 Å². The Morgan fingerprint density at radius 1 is 1.21 bits per heavy atom. The van der Waals surface area contributed by atoms with Gasteiger partial charge in [-0.25, -0.2) is 0 Å². The third-order valence-corrected chi connectivity index (χ3v) is 6.37. The zero-order chi connectivity index (χ0) is 19.2. The van der Waals surface area contributed by atoms with Gasteiger partial charge in [0.1, 0.15) is 12.4 Å². The van der Waals surface area contributed by atoms with Gasteiger partial charge < -0.3 is 20.1 Å². The standard InChI is InChI=1S/C22H33N3O3/c26-22(20-15-17-5-1-3-7-19(17)24-20)23-16-18-6-2-4-8-21(18)28-14-11-25-9-12-27-13-10-25/h2,4,6,8,17,19-20,24H,1,3,5,7,9-16H2,(H,23,26). The van der Waals surface area contributed by atoms with Gasteiger partial charge in [0.25, 0.3) is 0 Å². The van der Waals surface area contributed by atoms with E-state index in [1.165, 1.54) is 25.7 Å². The lowest BCUT2D eigenvalue weighted by Crippen LogP contribution is -2.42. The van der Waals surface area contributed by atoms with Crippen molar-refractivity contribution in [3.05, 3.63) is 29.8 Å². The molecule has 1 aliphatic carbocycles. The predicted molar refractivity (Wildman–Crippen MR) is 108 cm³/mol. The summed E-state index contributed by atoms with van der Waals surface area (Å²) >= 11 is 0. The number of hydrogen-bond acceptors (Lipinski definition) is 5. The number of ether oxygens (including phenoxy) is 2. The van der Waals surface area contributed by atoms with Crippen molar-refractivity contribution in [2.24, 2.45) is 5.92 Å². The van der Waals surface area contributed by atoms with Gasteiger partial charge in [0, 0.05) is 37.8 Å². The Hall–Kier alpha value is -1.63. The maximum absolute atomic E-state index is 12.7. The molecule has 1 amide bonds. The highest BCUT2D eigenvalue weighted by atomic mass is 16.5. The van der Waals surface area contributed by atoms with Crippen LogP contribution in [0.1, 0.15) is 37.7 Å². The molecule has 1 saturated carbocycles. The van der Waals surface area contributed by atoms with Crippen LogP contribution in [0.25, 0.3) is 0 Å². The number of benzene rings is 1. The first kappa shape index (κ1) is 19.7. The second kappa shape index (κ2) is 9.72. The summed E-state index contributed by atoms with van der Waals surface area (Å²) in [6.07, 6.45) is 6.06. The van der Waals surface area contributed by atoms with E-state index >= 15 is 0 Å². The van der Waals surface area contributed by atoms with E-state index in [4.69, 9.17) is 9.47 Å². The van der Waals surface area contributed by atoms with Gasteiger partial charge in [0.05, 0.1) is 19.3 Å². The molecule has 154 valence electrons. The molecular formula is C22H33N3O3. The third-order valence-electron chi connectivity index (χ3n) is 6.37. The molecule has 0 aromatic heterocycles. The zero-order valence-electron chi connectivity index (χ0n) is 16.7. The summed E-state index contributed by atoms with van der Waals surface area (Å²) in [5.41, 5.74) is 1.04. The molecule has 1 aromatic rings. The Labute approximate surface area is 168 Å². The second-order valence-electron chi connectivity index (χ2n) is 8.23. The first-order valence-corrected chi connectivity index (χ1v) is 10.8. The van der Waals surface area contributed by atoms with Gasteiger partial charge >= 0.3 is 0 Å². The summed E-state index contributed by atoms with van der Waals surface area (Å²) in [6, 6.07) is 8.51. The predicted octanol–water partition coefficient (Wildman–Crippen LogP) is 1.93. The minimum atomic E-state index is -0.0394. The van der Waals surface area contributed by atoms with Crippen molar-refractivity contribution in [3.8, 4) is 5.75 Å². The smallest absolute Gasteiger partial charge is 0.237 e. The monoisotopic (exact) mass is 387 g/mol. The van der Waals surface area contributed by atoms with Crippen LogP contribution < -0.4 is 15.4 Å². The lowest BCUT2D eigenvalue weighted by atomic mass is 9.85. The highest BCUT2D eigenvalue weighted by Crippen LogP contribution is 2.33. The molecular weight excluding hydrogens is 354 g/mol. The normalized spacial score (nSPS) is 27.9. The third kappa shape index (κ3) is 5.04. The first-order chi connectivity index (χ1) is 13.8. The summed E-state index contributed by atoms with van der Waals surface area (Å²) in [7, 11) is 0. The number of morpholine rings is 1. The molecule has 2 aliphatic heterocycles. The molecule has 3 aliphatic rings. The van der Waals surface area contributed by atoms with Crippen molar-refractivity contribution >= 4 is 5.91 Å². The van der Waals surface area contributed by atoms with E-state index in [2.05, 4.69) is 15.5 Å². The van der Waals surface area contributed by atoms with Gasteiger partial charge in [0.2, 0.25) is 5.91 Å². The molecule has 0 spiro atoms. The number of fused-ring (bicyclic) bond motifs is 1. The summed E-state index contributed by atoms with van der Waals surface area (Å²) in [6.45, 7) is 5.62. The number of carbonyl (C=O) groups is 1. The minimum absolute atomic E-state index is 0.0394. The second-order valence-corrected chi connectivity index (χ2v) is 8.23. The lowest BCUT2D eigenvalue weighted by molar-refractivity contribution is -0.123. The van der Waals surface area contributed by atoms with Crippen LogP contribution in [0.4, 0.5) is 0 Å². The molecule has 0 bridgehead atoms. The van der Waals surface area contributed by atoms with E-state index in [1.54, 1.807) is 0 Å². The fourth-order valence-electron chi connectivity index (χ4n) is 4.73. The first-order valence-electron chi connectivity index (χ1n) is 10.8. The van der Waals surface area contributed by atoms with Crippen LogP contribution in [0.15, 0.2) is 24.3 Å². The fraction of sp³-hybridized carbons (Fsp3) is 0.682. The summed E-state index contributed by atoms with van der Waals surface area (Å²) < 4.78 is 11.4. The van der Waals surface area contributed by atoms with Crippen LogP contribution in [0, 0.1) is 5.92 Å². The summed E-state index contributed by atoms with van der Waals surface area (Å²) in [4.78, 5) is 15.0. The molecule has 6 nitrogen and oxygen atoms in total. The Morgan fingerprint density at radius 2 is 2.04 bits per heavy atom. The Kier molecular flexibility index (Phi) is 6.83. The Balaban J connectivity index is 1.24. The number of carbonyl (C=O) groups excluding carboxylic acids is 1. The van der Waals surface area contributed by atoms with Crippen molar-refractivity contribution in [2.75, 3.05) is 39.5 Å². The van der Waals surface area contributed by atoms with Gasteiger partial charge in [-0.2, -0.15) is 0 Å². The topological polar surface area (TPSA) is 62.8 Å². The molecule has 2 saturated heterocycles. The van der Waals surface area contributed by atoms with E-state index in [1.807, 2.05) is 24.3 Å². The van der Waals surface area contributed by atoms with Gasteiger partial charge in [-0.15, -0.1) is 0 Å². The van der Waals surface area contributed by atoms with Crippen LogP contribution in [0.5, 0.6) is 5.75 Å². The maximum Gasteiger partial charge on any atom is 0.237 e. The fourth-order valence-corrected chi connectivity index (χ4v) is 4.73. The van der Waals surface area contributed by atoms with E-state index in [9.17, 15) is 4.79 Å². The largest absolute Gasteiger partial charge is 0.492 e. The van der Waals surface area contributed by atoms with Gasteiger partial charge in [-0.1, -0.05) is 31.0 Å². The molecule has 28 heavy (non-hydrogen) atoms. The van der Waals surface area contributed by atoms with E-state index in [0.29, 0.717) is 25.1 Å². The van der Waals surface area contributed by atoms with Crippen molar-refractivity contribution in [1.82, 2.24) is 15.5 Å². The maximum atomic E-state index is 12.7. The molecule has 3 atom stereocenters. The van der Waals surface area contributed by atoms with Crippen LogP contribution in [0.3, 0.4) is 0 Å². The lowest BCUT2D eigenvalue weighted by Gasteiger charge is -2.26. The highest BCUT2D eigenvalue weighted by Gasteiger charge is 2.38. The zero-order valence-corrected chi connectivity index (χ0v) is 16.7. The van der Waals surface area contributed by atoms with E-state index in [0.717, 1.165) is 50.6 Å². The Morgan fingerprint density at radius 3 is 2.89 bits per heavy atom. The SMILES string of the molecule is O=C(NCc1ccccc1OCCN1CCOCC1)C1CC2CCCCC2N1. The van der Waals surface area contributed by atoms with E-state index in [-0.39, 0.29) is 11.9 Å². The number of nitrogens with zero attached hydrogens (tertiary/aromatic N) is 1. The Bertz CT molecular complexity index is 634. The summed E-state index contributed by atoms with van der Waals surface area (Å²) in [5.74, 6) is 1.67. The van der Waals surface area contributed by atoms with Gasteiger partial charge in [-0.3, -0.25) is 9.69 Å². The van der Waals surface area contributed by atoms with Gasteiger partial charge in [-0.05, 0) is 31.2 Å². The number of hydrogen-bond donors (Lipinski definition) is 2. The molecule has 4 rings (SSSR count). The molecule has 3 unspecified atom stereocenters. The van der Waals surface area contributed by atoms with E-state index < -0.39 is 0 Å². The molecule has 2 heterocycles. The quantitative estimate of drug-likeness (QED) is 0.749. The average Bonchev–Trinajstić information content (AvgIpc) is 3.18. The molecule has 6 heteroatoms. The minimum Gasteiger partial charge on any atom is -0.492 e. The summed E-state index contributed by atoms with van der Waals surface area (Å²) in [5, 5.41) is 6.68. The van der Waals surface area contributed by atoms with Crippen LogP contribution in [-0.2, 0) is 16.1 Å². The molecule has 0 radical (unpaired) electrons. The van der Waals surface area contributed by atoms with Crippen molar-refractivity contribution in [3.63, 3.8) is 0 Å². The van der Waals surface area contributed by atoms with Crippen LogP contribution in [0.2, 0.25) is 0 Å². The van der Waals surface area contributed by atoms with Crippen molar-refractivity contribution in [1.29, 1.82) is 0 Å². The number of nitrogens with one attached hydrogen (secondary N) is 2. The highest BCUT2D eigenvalue weighted by molar-refractivity contribution is 5.82. The number of amides is 1. The molecule has 3 fully saturated rings. The molecule has 2 N–H and O–H groups in total. The van der Waals surface area contributed by atoms with Crippen LogP contribution in [-0.4, -0.2) is 62.3 Å². The average molecular weight is 388 g/mol.